The van der Waals surface area contributed by atoms with Crippen molar-refractivity contribution in [3.63, 3.8) is 0 Å². The predicted molar refractivity (Wildman–Crippen MR) is 63.2 cm³/mol. The Labute approximate surface area is 99.2 Å². The van der Waals surface area contributed by atoms with Gasteiger partial charge < -0.3 is 4.74 Å². The van der Waals surface area contributed by atoms with Crippen LogP contribution in [0, 0.1) is 5.92 Å². The highest BCUT2D eigenvalue weighted by molar-refractivity contribution is 5.77. The van der Waals surface area contributed by atoms with Crippen LogP contribution in [0.5, 0.6) is 0 Å². The molecule has 0 saturated heterocycles. The molecule has 0 radical (unpaired) electrons. The van der Waals surface area contributed by atoms with Gasteiger partial charge in [-0.1, -0.05) is 24.6 Å². The van der Waals surface area contributed by atoms with Gasteiger partial charge in [-0.3, -0.25) is 4.79 Å². The van der Waals surface area contributed by atoms with Gasteiger partial charge in [-0.15, -0.1) is 0 Å². The van der Waals surface area contributed by atoms with Crippen molar-refractivity contribution in [3.05, 3.63) is 30.5 Å². The third kappa shape index (κ3) is 2.02. The molecule has 4 heteroatoms. The molecule has 1 saturated carbocycles. The summed E-state index contributed by atoms with van der Waals surface area (Å²) in [5.74, 6) is 0.0378. The lowest BCUT2D eigenvalue weighted by Gasteiger charge is -2.22. The topological polar surface area (TPSA) is 44.1 Å². The Morgan fingerprint density at radius 3 is 2.94 bits per heavy atom. The Morgan fingerprint density at radius 2 is 2.24 bits per heavy atom. The first-order chi connectivity index (χ1) is 8.33. The van der Waals surface area contributed by atoms with Crippen molar-refractivity contribution in [1.82, 2.24) is 9.78 Å². The Kier molecular flexibility index (Phi) is 2.55. The van der Waals surface area contributed by atoms with Crippen molar-refractivity contribution < 1.29 is 9.53 Å². The quantitative estimate of drug-likeness (QED) is 0.760. The van der Waals surface area contributed by atoms with E-state index in [0.29, 0.717) is 0 Å². The van der Waals surface area contributed by atoms with Crippen LogP contribution in [0.1, 0.15) is 19.3 Å². The van der Waals surface area contributed by atoms with Crippen molar-refractivity contribution in [2.24, 2.45) is 5.92 Å². The molecule has 0 spiro atoms. The smallest absolute Gasteiger partial charge is 0.310 e. The van der Waals surface area contributed by atoms with Crippen LogP contribution in [-0.4, -0.2) is 15.7 Å². The monoisotopic (exact) mass is 230 g/mol. The molecule has 0 unspecified atom stereocenters. The number of benzene rings is 1. The van der Waals surface area contributed by atoms with E-state index in [1.54, 1.807) is 4.68 Å². The normalized spacial score (nSPS) is 15.8. The molecular weight excluding hydrogens is 216 g/mol. The highest BCUT2D eigenvalue weighted by atomic mass is 16.5. The molecular formula is C13H14N2O2. The zero-order valence-corrected chi connectivity index (χ0v) is 9.50. The number of hydrogen-bond acceptors (Lipinski definition) is 3. The van der Waals surface area contributed by atoms with Crippen LogP contribution in [0.3, 0.4) is 0 Å². The van der Waals surface area contributed by atoms with Gasteiger partial charge in [0, 0.05) is 11.6 Å². The van der Waals surface area contributed by atoms with E-state index < -0.39 is 0 Å². The van der Waals surface area contributed by atoms with Crippen LogP contribution in [-0.2, 0) is 16.3 Å². The van der Waals surface area contributed by atoms with Crippen LogP contribution in [0.15, 0.2) is 30.5 Å². The maximum absolute atomic E-state index is 11.6. The minimum absolute atomic E-state index is 0.0872. The fourth-order valence-electron chi connectivity index (χ4n) is 1.97. The van der Waals surface area contributed by atoms with Crippen LogP contribution < -0.4 is 0 Å². The minimum Gasteiger partial charge on any atom is -0.442 e. The fraction of sp³-hybridized carbons (Fsp3) is 0.385. The average Bonchev–Trinajstić information content (AvgIpc) is 2.66. The summed E-state index contributed by atoms with van der Waals surface area (Å²) in [6.07, 6.45) is 4.98. The van der Waals surface area contributed by atoms with E-state index in [0.717, 1.165) is 30.2 Å². The second-order valence-corrected chi connectivity index (χ2v) is 4.45. The SMILES string of the molecule is O=C(OCn1cc2ccccc2n1)C1CCC1. The summed E-state index contributed by atoms with van der Waals surface area (Å²) >= 11 is 0. The van der Waals surface area contributed by atoms with Gasteiger partial charge in [0.1, 0.15) is 0 Å². The van der Waals surface area contributed by atoms with Gasteiger partial charge >= 0.3 is 5.97 Å². The van der Waals surface area contributed by atoms with Crippen LogP contribution in [0.2, 0.25) is 0 Å². The summed E-state index contributed by atoms with van der Waals surface area (Å²) in [5, 5.41) is 5.39. The van der Waals surface area contributed by atoms with E-state index in [1.165, 1.54) is 0 Å². The summed E-state index contributed by atoms with van der Waals surface area (Å²) in [7, 11) is 0. The molecule has 0 aliphatic heterocycles. The summed E-state index contributed by atoms with van der Waals surface area (Å²) in [4.78, 5) is 11.6. The minimum atomic E-state index is -0.0872. The molecule has 1 aliphatic carbocycles. The number of aromatic nitrogens is 2. The number of rotatable bonds is 3. The van der Waals surface area contributed by atoms with Crippen molar-refractivity contribution in [2.45, 2.75) is 26.0 Å². The van der Waals surface area contributed by atoms with E-state index in [-0.39, 0.29) is 18.6 Å². The molecule has 3 rings (SSSR count). The highest BCUT2D eigenvalue weighted by Gasteiger charge is 2.26. The number of hydrogen-bond donors (Lipinski definition) is 0. The molecule has 1 aromatic carbocycles. The second-order valence-electron chi connectivity index (χ2n) is 4.45. The number of carbonyl (C=O) groups is 1. The van der Waals surface area contributed by atoms with Gasteiger partial charge in [0.05, 0.1) is 11.4 Å². The largest absolute Gasteiger partial charge is 0.442 e. The van der Waals surface area contributed by atoms with E-state index in [9.17, 15) is 4.79 Å². The van der Waals surface area contributed by atoms with Gasteiger partial charge in [-0.05, 0) is 18.9 Å². The number of nitrogens with zero attached hydrogens (tertiary/aromatic N) is 2. The Bertz CT molecular complexity index is 510. The van der Waals surface area contributed by atoms with Crippen molar-refractivity contribution in [2.75, 3.05) is 0 Å². The van der Waals surface area contributed by atoms with Crippen molar-refractivity contribution in [1.29, 1.82) is 0 Å². The summed E-state index contributed by atoms with van der Waals surface area (Å²) in [6.45, 7) is 0.212. The summed E-state index contributed by atoms with van der Waals surface area (Å²) < 4.78 is 6.89. The molecule has 1 fully saturated rings. The maximum Gasteiger partial charge on any atom is 0.310 e. The van der Waals surface area contributed by atoms with Crippen molar-refractivity contribution in [3.8, 4) is 0 Å². The number of ether oxygens (including phenoxy) is 1. The highest BCUT2D eigenvalue weighted by Crippen LogP contribution is 2.27. The Hall–Kier alpha value is -1.84. The number of carbonyl (C=O) groups excluding carboxylic acids is 1. The van der Waals surface area contributed by atoms with E-state index in [2.05, 4.69) is 5.10 Å². The maximum atomic E-state index is 11.6. The average molecular weight is 230 g/mol. The third-order valence-corrected chi connectivity index (χ3v) is 3.24. The lowest BCUT2D eigenvalue weighted by atomic mass is 9.86. The van der Waals surface area contributed by atoms with Gasteiger partial charge in [0.15, 0.2) is 6.73 Å². The molecule has 17 heavy (non-hydrogen) atoms. The van der Waals surface area contributed by atoms with Crippen molar-refractivity contribution >= 4 is 16.9 Å². The number of esters is 1. The molecule has 0 atom stereocenters. The Balaban J connectivity index is 1.66. The molecule has 0 N–H and O–H groups in total. The van der Waals surface area contributed by atoms with E-state index in [1.807, 2.05) is 30.5 Å². The molecule has 2 aromatic rings. The third-order valence-electron chi connectivity index (χ3n) is 3.24. The molecule has 0 amide bonds. The fourth-order valence-corrected chi connectivity index (χ4v) is 1.97. The van der Waals surface area contributed by atoms with Gasteiger partial charge in [-0.25, -0.2) is 4.68 Å². The number of fused-ring (bicyclic) bond motifs is 1. The molecule has 1 heterocycles. The first-order valence-corrected chi connectivity index (χ1v) is 5.92. The van der Waals surface area contributed by atoms with Crippen LogP contribution in [0.25, 0.3) is 10.9 Å². The zero-order chi connectivity index (χ0) is 11.7. The Morgan fingerprint density at radius 1 is 1.41 bits per heavy atom. The first-order valence-electron chi connectivity index (χ1n) is 5.92. The summed E-state index contributed by atoms with van der Waals surface area (Å²) in [5.41, 5.74) is 0.923. The van der Waals surface area contributed by atoms with Crippen LogP contribution in [0.4, 0.5) is 0 Å². The molecule has 1 aromatic heterocycles. The lowest BCUT2D eigenvalue weighted by Crippen LogP contribution is -2.25. The lowest BCUT2D eigenvalue weighted by molar-refractivity contribution is -0.155. The second kappa shape index (κ2) is 4.20. The van der Waals surface area contributed by atoms with E-state index >= 15 is 0 Å². The first kappa shape index (κ1) is 10.3. The summed E-state index contributed by atoms with van der Waals surface area (Å²) in [6, 6.07) is 7.85. The van der Waals surface area contributed by atoms with Crippen LogP contribution >= 0.6 is 0 Å². The van der Waals surface area contributed by atoms with Gasteiger partial charge in [0.25, 0.3) is 0 Å². The van der Waals surface area contributed by atoms with Gasteiger partial charge in [0.2, 0.25) is 0 Å². The van der Waals surface area contributed by atoms with E-state index in [4.69, 9.17) is 4.74 Å². The molecule has 4 nitrogen and oxygen atoms in total. The predicted octanol–water partition coefficient (Wildman–Crippen LogP) is 2.34. The molecule has 88 valence electrons. The van der Waals surface area contributed by atoms with Gasteiger partial charge in [-0.2, -0.15) is 5.10 Å². The molecule has 1 aliphatic rings. The zero-order valence-electron chi connectivity index (χ0n) is 9.50. The molecule has 0 bridgehead atoms. The standard InChI is InChI=1S/C13H14N2O2/c16-13(10-5-3-6-10)17-9-15-8-11-4-1-2-7-12(11)14-15/h1-2,4,7-8,10H,3,5-6,9H2.